The van der Waals surface area contributed by atoms with Gasteiger partial charge in [-0.25, -0.2) is 0 Å². The first-order valence-electron chi connectivity index (χ1n) is 16.5. The van der Waals surface area contributed by atoms with Gasteiger partial charge in [-0.3, -0.25) is 0 Å². The fourth-order valence-electron chi connectivity index (χ4n) is 7.80. The number of anilines is 3. The van der Waals surface area contributed by atoms with Crippen LogP contribution in [0.3, 0.4) is 0 Å². The molecule has 2 nitrogen and oxygen atoms in total. The van der Waals surface area contributed by atoms with Gasteiger partial charge >= 0.3 is 0 Å². The van der Waals surface area contributed by atoms with E-state index in [1.54, 1.807) is 0 Å². The van der Waals surface area contributed by atoms with Crippen molar-refractivity contribution in [3.63, 3.8) is 0 Å². The minimum atomic E-state index is 1.11. The van der Waals surface area contributed by atoms with Crippen molar-refractivity contribution in [2.75, 3.05) is 4.90 Å². The highest BCUT2D eigenvalue weighted by Crippen LogP contribution is 2.45. The first-order valence-corrected chi connectivity index (χ1v) is 16.5. The zero-order valence-electron chi connectivity index (χ0n) is 26.2. The van der Waals surface area contributed by atoms with E-state index in [2.05, 4.69) is 191 Å². The summed E-state index contributed by atoms with van der Waals surface area (Å²) in [4.78, 5) is 2.34. The average molecular weight is 611 g/mol. The zero-order valence-corrected chi connectivity index (χ0v) is 26.2. The minimum absolute atomic E-state index is 1.11. The highest BCUT2D eigenvalue weighted by atomic mass is 15.1. The fourth-order valence-corrected chi connectivity index (χ4v) is 7.80. The van der Waals surface area contributed by atoms with Gasteiger partial charge in [0.25, 0.3) is 0 Å². The van der Waals surface area contributed by atoms with Gasteiger partial charge < -0.3 is 9.47 Å². The van der Waals surface area contributed by atoms with Crippen LogP contribution in [-0.4, -0.2) is 4.57 Å². The van der Waals surface area contributed by atoms with Gasteiger partial charge in [-0.05, 0) is 86.9 Å². The molecule has 1 heterocycles. The van der Waals surface area contributed by atoms with E-state index in [1.165, 1.54) is 64.9 Å². The molecule has 224 valence electrons. The van der Waals surface area contributed by atoms with Gasteiger partial charge in [0.05, 0.1) is 11.0 Å². The van der Waals surface area contributed by atoms with Crippen LogP contribution in [0, 0.1) is 0 Å². The van der Waals surface area contributed by atoms with E-state index in [4.69, 9.17) is 0 Å². The number of para-hydroxylation sites is 2. The number of benzene rings is 9. The Morgan fingerprint density at radius 3 is 1.73 bits per heavy atom. The van der Waals surface area contributed by atoms with Crippen LogP contribution in [0.1, 0.15) is 0 Å². The molecule has 0 aliphatic carbocycles. The van der Waals surface area contributed by atoms with Crippen LogP contribution in [-0.2, 0) is 0 Å². The summed E-state index contributed by atoms with van der Waals surface area (Å²) in [6.07, 6.45) is 0. The van der Waals surface area contributed by atoms with Gasteiger partial charge in [0.1, 0.15) is 0 Å². The van der Waals surface area contributed by atoms with E-state index in [0.29, 0.717) is 0 Å². The van der Waals surface area contributed by atoms with Gasteiger partial charge in [0.2, 0.25) is 0 Å². The van der Waals surface area contributed by atoms with Crippen molar-refractivity contribution >= 4 is 82.0 Å². The smallest absolute Gasteiger partial charge is 0.0626 e. The lowest BCUT2D eigenvalue weighted by molar-refractivity contribution is 1.18. The summed E-state index contributed by atoms with van der Waals surface area (Å²) in [5.41, 5.74) is 6.97. The van der Waals surface area contributed by atoms with Gasteiger partial charge in [-0.1, -0.05) is 127 Å². The molecular weight excluding hydrogens is 581 g/mol. The topological polar surface area (TPSA) is 8.17 Å². The maximum absolute atomic E-state index is 2.47. The maximum atomic E-state index is 2.47. The van der Waals surface area contributed by atoms with Gasteiger partial charge in [-0.2, -0.15) is 0 Å². The van der Waals surface area contributed by atoms with Crippen LogP contribution in [0.4, 0.5) is 17.1 Å². The lowest BCUT2D eigenvalue weighted by atomic mass is 9.93. The molecule has 48 heavy (non-hydrogen) atoms. The van der Waals surface area contributed by atoms with Crippen LogP contribution < -0.4 is 4.90 Å². The zero-order chi connectivity index (χ0) is 31.6. The van der Waals surface area contributed by atoms with Crippen LogP contribution in [0.15, 0.2) is 182 Å². The van der Waals surface area contributed by atoms with E-state index in [0.717, 1.165) is 22.7 Å². The minimum Gasteiger partial charge on any atom is -0.310 e. The number of hydrogen-bond donors (Lipinski definition) is 0. The number of nitrogens with zero attached hydrogens (tertiary/aromatic N) is 2. The molecule has 10 rings (SSSR count). The summed E-state index contributed by atoms with van der Waals surface area (Å²) in [6.45, 7) is 0. The van der Waals surface area contributed by atoms with Crippen LogP contribution >= 0.6 is 0 Å². The lowest BCUT2D eigenvalue weighted by Crippen LogP contribution is -2.10. The summed E-state index contributed by atoms with van der Waals surface area (Å²) in [6, 6.07) is 66.1. The Morgan fingerprint density at radius 1 is 0.333 bits per heavy atom. The Morgan fingerprint density at radius 2 is 0.917 bits per heavy atom. The third-order valence-electron chi connectivity index (χ3n) is 9.90. The fraction of sp³-hybridized carbons (Fsp3) is 0. The first kappa shape index (κ1) is 26.8. The molecule has 0 fully saturated rings. The van der Waals surface area contributed by atoms with Crippen molar-refractivity contribution in [3.05, 3.63) is 182 Å². The SMILES string of the molecule is c1ccc(N(c2ccc(-n3c4ccccc4c4c5c6ccccc6ccc5c5ccccc5c43)cc2)c2ccc3ccccc3c2)cc1. The number of hydrogen-bond acceptors (Lipinski definition) is 1. The molecule has 0 saturated carbocycles. The van der Waals surface area contributed by atoms with Gasteiger partial charge in [-0.15, -0.1) is 0 Å². The van der Waals surface area contributed by atoms with Crippen molar-refractivity contribution in [1.82, 2.24) is 4.57 Å². The number of aromatic nitrogens is 1. The van der Waals surface area contributed by atoms with Gasteiger partial charge in [0, 0.05) is 44.3 Å². The number of fused-ring (bicyclic) bond motifs is 11. The van der Waals surface area contributed by atoms with E-state index in [9.17, 15) is 0 Å². The molecule has 0 unspecified atom stereocenters. The second kappa shape index (κ2) is 10.6. The summed E-state index contributed by atoms with van der Waals surface area (Å²) >= 11 is 0. The van der Waals surface area contributed by atoms with E-state index < -0.39 is 0 Å². The third-order valence-corrected chi connectivity index (χ3v) is 9.90. The first-order chi connectivity index (χ1) is 23.8. The normalized spacial score (nSPS) is 11.8. The maximum Gasteiger partial charge on any atom is 0.0626 e. The molecule has 10 aromatic rings. The Hall–Kier alpha value is -6.38. The second-order valence-corrected chi connectivity index (χ2v) is 12.5. The van der Waals surface area contributed by atoms with Crippen molar-refractivity contribution < 1.29 is 0 Å². The molecule has 0 N–H and O–H groups in total. The Kier molecular flexibility index (Phi) is 5.91. The Labute approximate surface area is 278 Å². The molecule has 0 radical (unpaired) electrons. The van der Waals surface area contributed by atoms with E-state index in [1.807, 2.05) is 0 Å². The Balaban J connectivity index is 1.24. The monoisotopic (exact) mass is 610 g/mol. The molecule has 0 spiro atoms. The molecule has 0 saturated heterocycles. The third kappa shape index (κ3) is 4.00. The van der Waals surface area contributed by atoms with Crippen molar-refractivity contribution in [1.29, 1.82) is 0 Å². The molecule has 0 aliphatic heterocycles. The van der Waals surface area contributed by atoms with Gasteiger partial charge in [0.15, 0.2) is 0 Å². The molecule has 2 heteroatoms. The molecule has 0 bridgehead atoms. The molecule has 9 aromatic carbocycles. The van der Waals surface area contributed by atoms with Crippen molar-refractivity contribution in [3.8, 4) is 5.69 Å². The summed E-state index contributed by atoms with van der Waals surface area (Å²) in [5.74, 6) is 0. The van der Waals surface area contributed by atoms with Crippen LogP contribution in [0.2, 0.25) is 0 Å². The van der Waals surface area contributed by atoms with Crippen LogP contribution in [0.25, 0.3) is 70.6 Å². The molecule has 0 amide bonds. The standard InChI is InChI=1S/C46H30N2/c1-2-15-34(16-3-1)47(37-24-22-31-12-4-5-14-33(31)30-37)35-25-27-36(28-26-35)48-43-21-11-10-20-42(43)45-44-38-17-7-6-13-32(38)23-29-40(44)39-18-8-9-19-41(39)46(45)48/h1-30H. The van der Waals surface area contributed by atoms with E-state index >= 15 is 0 Å². The molecule has 0 aliphatic rings. The van der Waals surface area contributed by atoms with E-state index in [-0.39, 0.29) is 0 Å². The Bertz CT molecular complexity index is 2830. The number of rotatable bonds is 4. The predicted octanol–water partition coefficient (Wildman–Crippen LogP) is 12.9. The highest BCUT2D eigenvalue weighted by molar-refractivity contribution is 6.36. The predicted molar refractivity (Wildman–Crippen MR) is 205 cm³/mol. The molecular formula is C46H30N2. The average Bonchev–Trinajstić information content (AvgIpc) is 3.51. The molecule has 0 atom stereocenters. The van der Waals surface area contributed by atoms with Crippen molar-refractivity contribution in [2.24, 2.45) is 0 Å². The second-order valence-electron chi connectivity index (χ2n) is 12.5. The lowest BCUT2D eigenvalue weighted by Gasteiger charge is -2.26. The summed E-state index contributed by atoms with van der Waals surface area (Å²) in [5, 5.41) is 12.7. The van der Waals surface area contributed by atoms with Crippen LogP contribution in [0.5, 0.6) is 0 Å². The molecule has 1 aromatic heterocycles. The summed E-state index contributed by atoms with van der Waals surface area (Å²) < 4.78 is 2.47. The van der Waals surface area contributed by atoms with Crippen molar-refractivity contribution in [2.45, 2.75) is 0 Å². The summed E-state index contributed by atoms with van der Waals surface area (Å²) in [7, 11) is 0. The largest absolute Gasteiger partial charge is 0.310 e. The quantitative estimate of drug-likeness (QED) is 0.180. The highest BCUT2D eigenvalue weighted by Gasteiger charge is 2.20.